The smallest absolute Gasteiger partial charge is 0.257 e. The third-order valence-electron chi connectivity index (χ3n) is 4.30. The number of hydrogen-bond acceptors (Lipinski definition) is 8. The lowest BCUT2D eigenvalue weighted by Crippen LogP contribution is -2.42. The first-order valence-corrected chi connectivity index (χ1v) is 10.3. The first-order valence-electron chi connectivity index (χ1n) is 7.94. The second-order valence-electron chi connectivity index (χ2n) is 5.87. The number of rotatable bonds is 4. The van der Waals surface area contributed by atoms with Crippen molar-refractivity contribution in [2.75, 3.05) is 19.7 Å². The Bertz CT molecular complexity index is 1010. The first kappa shape index (κ1) is 17.3. The van der Waals surface area contributed by atoms with Gasteiger partial charge in [0.05, 0.1) is 23.4 Å². The standard InChI is InChI=1S/C15H17N5O4S2/c1-10-13(8-16-19(10)2)26(21,22)20-5-6-23-11(9-20)15-17-14(18-24-15)12-4-3-7-25-12/h3-4,7-8,11H,5-6,9H2,1-2H3. The fourth-order valence-electron chi connectivity index (χ4n) is 2.74. The highest BCUT2D eigenvalue weighted by Crippen LogP contribution is 2.29. The molecule has 9 nitrogen and oxygen atoms in total. The van der Waals surface area contributed by atoms with Crippen LogP contribution in [0.25, 0.3) is 10.7 Å². The van der Waals surface area contributed by atoms with E-state index >= 15 is 0 Å². The molecular formula is C15H17N5O4S2. The molecule has 0 aliphatic carbocycles. The van der Waals surface area contributed by atoms with Gasteiger partial charge in [-0.2, -0.15) is 14.4 Å². The predicted molar refractivity (Wildman–Crippen MR) is 93.0 cm³/mol. The van der Waals surface area contributed by atoms with E-state index in [1.807, 2.05) is 17.5 Å². The topological polar surface area (TPSA) is 103 Å². The molecule has 4 heterocycles. The Kier molecular flexibility index (Phi) is 4.39. The Morgan fingerprint density at radius 2 is 2.23 bits per heavy atom. The van der Waals surface area contributed by atoms with E-state index in [1.54, 1.807) is 14.0 Å². The van der Waals surface area contributed by atoms with Gasteiger partial charge in [0.15, 0.2) is 6.10 Å². The van der Waals surface area contributed by atoms with Crippen molar-refractivity contribution in [1.29, 1.82) is 0 Å². The number of sulfonamides is 1. The van der Waals surface area contributed by atoms with Crippen LogP contribution in [0.2, 0.25) is 0 Å². The molecule has 1 aliphatic heterocycles. The molecule has 1 aliphatic rings. The number of aromatic nitrogens is 4. The van der Waals surface area contributed by atoms with E-state index in [0.29, 0.717) is 11.5 Å². The minimum Gasteiger partial charge on any atom is -0.366 e. The number of aryl methyl sites for hydroxylation is 1. The van der Waals surface area contributed by atoms with Crippen molar-refractivity contribution >= 4 is 21.4 Å². The molecule has 4 rings (SSSR count). The van der Waals surface area contributed by atoms with Gasteiger partial charge in [-0.25, -0.2) is 8.42 Å². The van der Waals surface area contributed by atoms with Gasteiger partial charge in [-0.3, -0.25) is 4.68 Å². The summed E-state index contributed by atoms with van der Waals surface area (Å²) in [7, 11) is -1.96. The quantitative estimate of drug-likeness (QED) is 0.661. The molecule has 3 aromatic rings. The Balaban J connectivity index is 1.57. The summed E-state index contributed by atoms with van der Waals surface area (Å²) in [6.07, 6.45) is 0.771. The first-order chi connectivity index (χ1) is 12.5. The van der Waals surface area contributed by atoms with Gasteiger partial charge < -0.3 is 9.26 Å². The number of nitrogens with zero attached hydrogens (tertiary/aromatic N) is 5. The normalized spacial score (nSPS) is 19.1. The Labute approximate surface area is 154 Å². The maximum Gasteiger partial charge on any atom is 0.257 e. The molecule has 1 fully saturated rings. The van der Waals surface area contributed by atoms with Gasteiger partial charge in [0.25, 0.3) is 5.89 Å². The van der Waals surface area contributed by atoms with Crippen LogP contribution in [-0.2, 0) is 21.8 Å². The van der Waals surface area contributed by atoms with Crippen molar-refractivity contribution in [3.63, 3.8) is 0 Å². The summed E-state index contributed by atoms with van der Waals surface area (Å²) >= 11 is 1.50. The zero-order valence-electron chi connectivity index (χ0n) is 14.2. The van der Waals surface area contributed by atoms with Crippen molar-refractivity contribution in [2.45, 2.75) is 17.9 Å². The van der Waals surface area contributed by atoms with Crippen molar-refractivity contribution in [3.05, 3.63) is 35.3 Å². The Morgan fingerprint density at radius 1 is 1.38 bits per heavy atom. The predicted octanol–water partition coefficient (Wildman–Crippen LogP) is 1.60. The van der Waals surface area contributed by atoms with Crippen LogP contribution in [0.4, 0.5) is 0 Å². The number of thiophene rings is 1. The van der Waals surface area contributed by atoms with Gasteiger partial charge in [-0.15, -0.1) is 11.3 Å². The molecule has 0 bridgehead atoms. The largest absolute Gasteiger partial charge is 0.366 e. The minimum atomic E-state index is -3.67. The van der Waals surface area contributed by atoms with E-state index in [4.69, 9.17) is 9.26 Å². The second kappa shape index (κ2) is 6.58. The van der Waals surface area contributed by atoms with E-state index in [-0.39, 0.29) is 30.5 Å². The van der Waals surface area contributed by atoms with Crippen LogP contribution in [0.1, 0.15) is 17.7 Å². The van der Waals surface area contributed by atoms with Gasteiger partial charge in [-0.1, -0.05) is 11.2 Å². The average molecular weight is 395 g/mol. The third-order valence-corrected chi connectivity index (χ3v) is 7.13. The SMILES string of the molecule is Cc1c(S(=O)(=O)N2CCOC(c3nc(-c4cccs4)no3)C2)cnn1C. The lowest BCUT2D eigenvalue weighted by molar-refractivity contribution is -0.0199. The van der Waals surface area contributed by atoms with E-state index in [0.717, 1.165) is 4.88 Å². The van der Waals surface area contributed by atoms with E-state index in [2.05, 4.69) is 15.2 Å². The molecular weight excluding hydrogens is 378 g/mol. The fraction of sp³-hybridized carbons (Fsp3) is 0.400. The Hall–Kier alpha value is -2.08. The number of hydrogen-bond donors (Lipinski definition) is 0. The molecule has 26 heavy (non-hydrogen) atoms. The lowest BCUT2D eigenvalue weighted by atomic mass is 10.3. The van der Waals surface area contributed by atoms with Crippen LogP contribution in [0.3, 0.4) is 0 Å². The van der Waals surface area contributed by atoms with Crippen LogP contribution in [0.15, 0.2) is 33.1 Å². The molecule has 3 aromatic heterocycles. The van der Waals surface area contributed by atoms with E-state index in [1.165, 1.54) is 26.5 Å². The molecule has 1 atom stereocenters. The summed E-state index contributed by atoms with van der Waals surface area (Å²) in [6.45, 7) is 2.35. The molecule has 11 heteroatoms. The summed E-state index contributed by atoms with van der Waals surface area (Å²) in [6, 6.07) is 3.79. The molecule has 138 valence electrons. The van der Waals surface area contributed by atoms with Crippen LogP contribution in [-0.4, -0.2) is 52.3 Å². The van der Waals surface area contributed by atoms with Gasteiger partial charge in [0, 0.05) is 20.1 Å². The van der Waals surface area contributed by atoms with Gasteiger partial charge in [0.1, 0.15) is 4.90 Å². The molecule has 0 spiro atoms. The fourth-order valence-corrected chi connectivity index (χ4v) is 5.00. The molecule has 0 amide bonds. The minimum absolute atomic E-state index is 0.114. The molecule has 0 aromatic carbocycles. The van der Waals surface area contributed by atoms with Crippen molar-refractivity contribution in [3.8, 4) is 10.7 Å². The Morgan fingerprint density at radius 3 is 2.92 bits per heavy atom. The summed E-state index contributed by atoms with van der Waals surface area (Å²) in [5.74, 6) is 0.748. The summed E-state index contributed by atoms with van der Waals surface area (Å²) < 4.78 is 39.8. The average Bonchev–Trinajstić information content (AvgIpc) is 3.37. The van der Waals surface area contributed by atoms with E-state index < -0.39 is 16.1 Å². The van der Waals surface area contributed by atoms with Gasteiger partial charge in [0.2, 0.25) is 15.8 Å². The number of ether oxygens (including phenoxy) is 1. The molecule has 0 saturated carbocycles. The van der Waals surface area contributed by atoms with Crippen molar-refractivity contribution in [2.24, 2.45) is 7.05 Å². The molecule has 1 saturated heterocycles. The highest BCUT2D eigenvalue weighted by atomic mass is 32.2. The zero-order valence-corrected chi connectivity index (χ0v) is 15.8. The summed E-state index contributed by atoms with van der Waals surface area (Å²) in [4.78, 5) is 5.44. The maximum atomic E-state index is 12.9. The summed E-state index contributed by atoms with van der Waals surface area (Å²) in [5.41, 5.74) is 0.589. The van der Waals surface area contributed by atoms with Crippen LogP contribution >= 0.6 is 11.3 Å². The van der Waals surface area contributed by atoms with Gasteiger partial charge >= 0.3 is 0 Å². The maximum absolute atomic E-state index is 12.9. The van der Waals surface area contributed by atoms with Gasteiger partial charge in [-0.05, 0) is 18.4 Å². The van der Waals surface area contributed by atoms with Crippen LogP contribution in [0, 0.1) is 6.92 Å². The number of morpholine rings is 1. The second-order valence-corrected chi connectivity index (χ2v) is 8.73. The highest BCUT2D eigenvalue weighted by Gasteiger charge is 2.35. The van der Waals surface area contributed by atoms with Crippen molar-refractivity contribution in [1.82, 2.24) is 24.2 Å². The zero-order chi connectivity index (χ0) is 18.3. The van der Waals surface area contributed by atoms with Crippen molar-refractivity contribution < 1.29 is 17.7 Å². The molecule has 1 unspecified atom stereocenters. The molecule has 0 N–H and O–H groups in total. The van der Waals surface area contributed by atoms with E-state index in [9.17, 15) is 8.42 Å². The van der Waals surface area contributed by atoms with Crippen LogP contribution < -0.4 is 0 Å². The third kappa shape index (κ3) is 2.96. The highest BCUT2D eigenvalue weighted by molar-refractivity contribution is 7.89. The monoisotopic (exact) mass is 395 g/mol. The lowest BCUT2D eigenvalue weighted by Gasteiger charge is -2.30. The van der Waals surface area contributed by atoms with Crippen LogP contribution in [0.5, 0.6) is 0 Å². The summed E-state index contributed by atoms with van der Waals surface area (Å²) in [5, 5.41) is 9.91. The molecule has 0 radical (unpaired) electrons.